The minimum atomic E-state index is -0.533. The van der Waals surface area contributed by atoms with Crippen LogP contribution in [0.3, 0.4) is 0 Å². The Morgan fingerprint density at radius 3 is 2.75 bits per heavy atom. The highest BCUT2D eigenvalue weighted by Gasteiger charge is 2.18. The molecule has 0 amide bonds. The number of ether oxygens (including phenoxy) is 2. The van der Waals surface area contributed by atoms with Crippen LogP contribution in [0.1, 0.15) is 17.3 Å². The third-order valence-electron chi connectivity index (χ3n) is 1.65. The van der Waals surface area contributed by atoms with Crippen LogP contribution in [-0.4, -0.2) is 12.6 Å². The maximum atomic E-state index is 11.6. The Morgan fingerprint density at radius 2 is 2.19 bits per heavy atom. The predicted molar refractivity (Wildman–Crippen MR) is 64.0 cm³/mol. The number of hydrogen-bond donors (Lipinski definition) is 0. The van der Waals surface area contributed by atoms with Crippen molar-refractivity contribution in [2.24, 2.45) is 0 Å². The Hall–Kier alpha value is -1.06. The summed E-state index contributed by atoms with van der Waals surface area (Å²) < 4.78 is 10.8. The zero-order valence-electron chi connectivity index (χ0n) is 8.29. The van der Waals surface area contributed by atoms with Crippen molar-refractivity contribution < 1.29 is 14.3 Å². The zero-order chi connectivity index (χ0) is 12.1. The predicted octanol–water partition coefficient (Wildman–Crippen LogP) is 3.25. The smallest absolute Gasteiger partial charge is 0.342 e. The molecular weight excluding hydrogens is 342 g/mol. The highest BCUT2D eigenvalue weighted by molar-refractivity contribution is 9.11. The van der Waals surface area contributed by atoms with Crippen LogP contribution in [0.5, 0.6) is 5.75 Å². The fraction of sp³-hybridized carbons (Fsp3) is 0.200. The van der Waals surface area contributed by atoms with Crippen LogP contribution >= 0.6 is 31.9 Å². The Morgan fingerprint density at radius 1 is 1.50 bits per heavy atom. The van der Waals surface area contributed by atoms with Gasteiger partial charge in [0.15, 0.2) is 5.75 Å². The lowest BCUT2D eigenvalue weighted by Gasteiger charge is -2.08. The lowest BCUT2D eigenvalue weighted by atomic mass is 10.2. The summed E-state index contributed by atoms with van der Waals surface area (Å²) in [7, 11) is 0. The minimum Gasteiger partial charge on any atom is -0.462 e. The number of halogens is 2. The van der Waals surface area contributed by atoms with Crippen molar-refractivity contribution in [2.75, 3.05) is 6.61 Å². The van der Waals surface area contributed by atoms with Gasteiger partial charge in [0.25, 0.3) is 6.26 Å². The van der Waals surface area contributed by atoms with Gasteiger partial charge in [-0.2, -0.15) is 0 Å². The topological polar surface area (TPSA) is 59.3 Å². The molecule has 0 aromatic heterocycles. The summed E-state index contributed by atoms with van der Waals surface area (Å²) in [5.74, 6) is -0.376. The van der Waals surface area contributed by atoms with Crippen LogP contribution in [0.25, 0.3) is 0 Å². The van der Waals surface area contributed by atoms with Crippen LogP contribution in [0, 0.1) is 11.5 Å². The molecule has 6 heteroatoms. The highest BCUT2D eigenvalue weighted by Crippen LogP contribution is 2.33. The average Bonchev–Trinajstić information content (AvgIpc) is 2.22. The standard InChI is InChI=1S/C10H7Br2NO3/c1-2-15-10(14)7-3-6(11)4-8(12)9(7)16-5-13/h3-4H,2H2,1H3. The van der Waals surface area contributed by atoms with Gasteiger partial charge in [-0.25, -0.2) is 4.79 Å². The van der Waals surface area contributed by atoms with Crippen molar-refractivity contribution in [3.63, 3.8) is 0 Å². The Bertz CT molecular complexity index is 454. The molecule has 1 aromatic rings. The largest absolute Gasteiger partial charge is 0.462 e. The summed E-state index contributed by atoms with van der Waals surface area (Å²) in [4.78, 5) is 11.6. The fourth-order valence-corrected chi connectivity index (χ4v) is 2.38. The lowest BCUT2D eigenvalue weighted by molar-refractivity contribution is 0.0523. The second-order valence-corrected chi connectivity index (χ2v) is 4.45. The molecule has 0 aliphatic carbocycles. The third kappa shape index (κ3) is 2.97. The van der Waals surface area contributed by atoms with Gasteiger partial charge in [0.1, 0.15) is 5.56 Å². The highest BCUT2D eigenvalue weighted by atomic mass is 79.9. The Balaban J connectivity index is 3.24. The maximum Gasteiger partial charge on any atom is 0.342 e. The first-order valence-electron chi connectivity index (χ1n) is 4.32. The molecule has 1 aromatic carbocycles. The molecular formula is C10H7Br2NO3. The molecule has 1 rings (SSSR count). The van der Waals surface area contributed by atoms with Crippen molar-refractivity contribution in [2.45, 2.75) is 6.92 Å². The van der Waals surface area contributed by atoms with Gasteiger partial charge in [0.2, 0.25) is 0 Å². The molecule has 0 spiro atoms. The molecule has 0 heterocycles. The van der Waals surface area contributed by atoms with Crippen LogP contribution < -0.4 is 4.74 Å². The van der Waals surface area contributed by atoms with E-state index in [4.69, 9.17) is 14.7 Å². The van der Waals surface area contributed by atoms with E-state index in [9.17, 15) is 4.79 Å². The number of carbonyl (C=O) groups is 1. The van der Waals surface area contributed by atoms with E-state index in [1.165, 1.54) is 12.3 Å². The van der Waals surface area contributed by atoms with Crippen LogP contribution in [0.2, 0.25) is 0 Å². The fourth-order valence-electron chi connectivity index (χ4n) is 1.07. The molecule has 0 fully saturated rings. The summed E-state index contributed by atoms with van der Waals surface area (Å²) in [6.07, 6.45) is 1.53. The van der Waals surface area contributed by atoms with E-state index in [-0.39, 0.29) is 17.9 Å². The van der Waals surface area contributed by atoms with E-state index in [1.807, 2.05) is 0 Å². The number of nitriles is 1. The molecule has 0 aliphatic heterocycles. The van der Waals surface area contributed by atoms with Gasteiger partial charge < -0.3 is 9.47 Å². The molecule has 0 radical (unpaired) electrons. The van der Waals surface area contributed by atoms with Crippen molar-refractivity contribution in [1.82, 2.24) is 0 Å². The zero-order valence-corrected chi connectivity index (χ0v) is 11.5. The molecule has 84 valence electrons. The molecule has 0 unspecified atom stereocenters. The molecule has 4 nitrogen and oxygen atoms in total. The number of nitrogens with zero attached hydrogens (tertiary/aromatic N) is 1. The normalized spacial score (nSPS) is 9.38. The van der Waals surface area contributed by atoms with Crippen molar-refractivity contribution in [3.05, 3.63) is 26.6 Å². The Labute approximate surface area is 109 Å². The average molecular weight is 349 g/mol. The summed E-state index contributed by atoms with van der Waals surface area (Å²) in [5.41, 5.74) is 0.199. The second-order valence-electron chi connectivity index (χ2n) is 2.68. The van der Waals surface area contributed by atoms with E-state index in [2.05, 4.69) is 31.9 Å². The summed E-state index contributed by atoms with van der Waals surface area (Å²) in [6.45, 7) is 1.96. The molecule has 0 saturated heterocycles. The third-order valence-corrected chi connectivity index (χ3v) is 2.70. The molecule has 0 aliphatic rings. The van der Waals surface area contributed by atoms with Crippen molar-refractivity contribution >= 4 is 37.8 Å². The number of hydrogen-bond acceptors (Lipinski definition) is 4. The summed E-state index contributed by atoms with van der Waals surface area (Å²) in [5, 5.41) is 8.49. The first-order valence-corrected chi connectivity index (χ1v) is 5.90. The molecule has 0 atom stereocenters. The van der Waals surface area contributed by atoms with E-state index < -0.39 is 5.97 Å². The second kappa shape index (κ2) is 5.87. The first-order chi connectivity index (χ1) is 7.60. The van der Waals surface area contributed by atoms with Gasteiger partial charge >= 0.3 is 5.97 Å². The number of esters is 1. The van der Waals surface area contributed by atoms with E-state index in [0.29, 0.717) is 8.95 Å². The van der Waals surface area contributed by atoms with Gasteiger partial charge in [-0.1, -0.05) is 15.9 Å². The van der Waals surface area contributed by atoms with Crippen molar-refractivity contribution in [3.8, 4) is 12.0 Å². The quantitative estimate of drug-likeness (QED) is 0.621. The maximum absolute atomic E-state index is 11.6. The first kappa shape index (κ1) is 13.0. The van der Waals surface area contributed by atoms with Gasteiger partial charge in [-0.05, 0) is 35.0 Å². The number of carbonyl (C=O) groups excluding carboxylic acids is 1. The van der Waals surface area contributed by atoms with Gasteiger partial charge in [0, 0.05) is 4.47 Å². The van der Waals surface area contributed by atoms with E-state index >= 15 is 0 Å². The Kier molecular flexibility index (Phi) is 4.77. The van der Waals surface area contributed by atoms with Gasteiger partial charge in [-0.3, -0.25) is 0 Å². The molecule has 0 saturated carbocycles. The molecule has 0 bridgehead atoms. The van der Waals surface area contributed by atoms with Crippen LogP contribution in [0.4, 0.5) is 0 Å². The van der Waals surface area contributed by atoms with Gasteiger partial charge in [-0.15, -0.1) is 5.26 Å². The van der Waals surface area contributed by atoms with Crippen molar-refractivity contribution in [1.29, 1.82) is 5.26 Å². The van der Waals surface area contributed by atoms with Gasteiger partial charge in [0.05, 0.1) is 11.1 Å². The lowest BCUT2D eigenvalue weighted by Crippen LogP contribution is -2.07. The number of rotatable bonds is 3. The van der Waals surface area contributed by atoms with E-state index in [1.54, 1.807) is 13.0 Å². The summed E-state index contributed by atoms with van der Waals surface area (Å²) >= 11 is 6.45. The van der Waals surface area contributed by atoms with Crippen LogP contribution in [-0.2, 0) is 4.74 Å². The number of benzene rings is 1. The minimum absolute atomic E-state index is 0.157. The SMILES string of the molecule is CCOC(=O)c1cc(Br)cc(Br)c1OC#N. The van der Waals surface area contributed by atoms with Crippen LogP contribution in [0.15, 0.2) is 21.1 Å². The molecule has 16 heavy (non-hydrogen) atoms. The molecule has 0 N–H and O–H groups in total. The van der Waals surface area contributed by atoms with E-state index in [0.717, 1.165) is 0 Å². The monoisotopic (exact) mass is 347 g/mol. The summed E-state index contributed by atoms with van der Waals surface area (Å²) in [6, 6.07) is 3.21.